The van der Waals surface area contributed by atoms with Crippen LogP contribution in [0.1, 0.15) is 23.7 Å². The maximum absolute atomic E-state index is 14.4. The number of allylic oxidation sites excluding steroid dienone is 1. The molecule has 6 nitrogen and oxygen atoms in total. The van der Waals surface area contributed by atoms with Gasteiger partial charge in [0, 0.05) is 35.6 Å². The minimum absolute atomic E-state index is 0.225. The number of nitrogens with one attached hydrogen (secondary N) is 2. The van der Waals surface area contributed by atoms with Gasteiger partial charge in [-0.2, -0.15) is 5.10 Å². The highest BCUT2D eigenvalue weighted by molar-refractivity contribution is 6.32. The van der Waals surface area contributed by atoms with Gasteiger partial charge in [0.2, 0.25) is 0 Å². The van der Waals surface area contributed by atoms with Gasteiger partial charge in [0.05, 0.1) is 23.2 Å². The Hall–Kier alpha value is -3.48. The summed E-state index contributed by atoms with van der Waals surface area (Å²) in [6, 6.07) is 8.57. The third-order valence-electron chi connectivity index (χ3n) is 4.93. The predicted molar refractivity (Wildman–Crippen MR) is 107 cm³/mol. The molecule has 3 heterocycles. The summed E-state index contributed by atoms with van der Waals surface area (Å²) < 4.78 is 16.1. The van der Waals surface area contributed by atoms with E-state index in [0.717, 1.165) is 11.3 Å². The van der Waals surface area contributed by atoms with E-state index in [1.807, 2.05) is 40.0 Å². The Balaban J connectivity index is 1.80. The smallest absolute Gasteiger partial charge is 0.258 e. The van der Waals surface area contributed by atoms with Gasteiger partial charge < -0.3 is 10.6 Å². The molecule has 0 radical (unpaired) electrons. The van der Waals surface area contributed by atoms with Crippen molar-refractivity contribution in [3.8, 4) is 11.3 Å². The molecule has 0 unspecified atom stereocenters. The lowest BCUT2D eigenvalue weighted by Crippen LogP contribution is -2.09. The molecule has 1 aromatic carbocycles. The van der Waals surface area contributed by atoms with Crippen LogP contribution in [-0.2, 0) is 11.8 Å². The van der Waals surface area contributed by atoms with Gasteiger partial charge in [-0.15, -0.1) is 0 Å². The van der Waals surface area contributed by atoms with E-state index in [1.165, 1.54) is 6.07 Å². The molecule has 1 aliphatic heterocycles. The summed E-state index contributed by atoms with van der Waals surface area (Å²) in [6.45, 7) is 5.61. The lowest BCUT2D eigenvalue weighted by molar-refractivity contribution is -0.110. The first kappa shape index (κ1) is 17.9. The minimum Gasteiger partial charge on any atom is -0.342 e. The van der Waals surface area contributed by atoms with Crippen LogP contribution in [0.15, 0.2) is 42.2 Å². The number of hydrogen-bond acceptors (Lipinski definition) is 4. The first-order chi connectivity index (χ1) is 13.3. The number of rotatable bonds is 3. The van der Waals surface area contributed by atoms with Gasteiger partial charge >= 0.3 is 0 Å². The van der Waals surface area contributed by atoms with Crippen molar-refractivity contribution >= 4 is 23.0 Å². The standard InChI is InChI=1S/C21H20FN5O/c1-11-6-5-7-15(22)19(11)16-9-14-17(10-23-16)25-21(28)20(14)13(3)24-18-8-12(2)27(4)26-18/h5-10H,1-4H3,(H,24,26)(H,25,28)/b20-13-. The summed E-state index contributed by atoms with van der Waals surface area (Å²) >= 11 is 0. The number of amides is 1. The highest BCUT2D eigenvalue weighted by Gasteiger charge is 2.28. The third-order valence-corrected chi connectivity index (χ3v) is 4.93. The van der Waals surface area contributed by atoms with E-state index in [-0.39, 0.29) is 11.7 Å². The largest absolute Gasteiger partial charge is 0.342 e. The Morgan fingerprint density at radius 1 is 1.25 bits per heavy atom. The molecular weight excluding hydrogens is 357 g/mol. The molecule has 2 aromatic heterocycles. The number of hydrogen-bond donors (Lipinski definition) is 2. The molecule has 0 saturated heterocycles. The summed E-state index contributed by atoms with van der Waals surface area (Å²) in [7, 11) is 1.86. The van der Waals surface area contributed by atoms with Crippen molar-refractivity contribution in [3.63, 3.8) is 0 Å². The van der Waals surface area contributed by atoms with Crippen molar-refractivity contribution in [1.82, 2.24) is 14.8 Å². The Morgan fingerprint density at radius 2 is 2.04 bits per heavy atom. The van der Waals surface area contributed by atoms with Gasteiger partial charge in [-0.1, -0.05) is 12.1 Å². The second-order valence-corrected chi connectivity index (χ2v) is 6.92. The van der Waals surface area contributed by atoms with E-state index < -0.39 is 0 Å². The second-order valence-electron chi connectivity index (χ2n) is 6.92. The van der Waals surface area contributed by atoms with Gasteiger partial charge in [-0.05, 0) is 38.5 Å². The lowest BCUT2D eigenvalue weighted by Gasteiger charge is -2.10. The summed E-state index contributed by atoms with van der Waals surface area (Å²) in [4.78, 5) is 16.9. The number of carbonyl (C=O) groups is 1. The van der Waals surface area contributed by atoms with E-state index in [9.17, 15) is 9.18 Å². The zero-order valence-corrected chi connectivity index (χ0v) is 16.1. The van der Waals surface area contributed by atoms with Crippen molar-refractivity contribution < 1.29 is 9.18 Å². The Morgan fingerprint density at radius 3 is 2.71 bits per heavy atom. The second kappa shape index (κ2) is 6.60. The van der Waals surface area contributed by atoms with Crippen LogP contribution in [0.2, 0.25) is 0 Å². The summed E-state index contributed by atoms with van der Waals surface area (Å²) in [6.07, 6.45) is 1.57. The van der Waals surface area contributed by atoms with Crippen LogP contribution >= 0.6 is 0 Å². The SMILES string of the molecule is C/C(Nc1cc(C)n(C)n1)=C1/C(=O)Nc2cnc(-c3c(C)cccc3F)cc21. The molecule has 0 saturated carbocycles. The molecule has 1 amide bonds. The maximum Gasteiger partial charge on any atom is 0.258 e. The fourth-order valence-corrected chi connectivity index (χ4v) is 3.41. The first-order valence-electron chi connectivity index (χ1n) is 8.91. The van der Waals surface area contributed by atoms with Crippen molar-refractivity contribution in [2.24, 2.45) is 7.05 Å². The Kier molecular flexibility index (Phi) is 4.22. The number of carbonyl (C=O) groups excluding carboxylic acids is 1. The monoisotopic (exact) mass is 377 g/mol. The molecule has 1 aliphatic rings. The molecule has 0 atom stereocenters. The fourth-order valence-electron chi connectivity index (χ4n) is 3.41. The molecule has 28 heavy (non-hydrogen) atoms. The summed E-state index contributed by atoms with van der Waals surface area (Å²) in [5, 5.41) is 10.4. The Bertz CT molecular complexity index is 1110. The van der Waals surface area contributed by atoms with Crippen LogP contribution < -0.4 is 10.6 Å². The highest BCUT2D eigenvalue weighted by Crippen LogP contribution is 2.37. The average Bonchev–Trinajstić information content (AvgIpc) is 3.12. The van der Waals surface area contributed by atoms with Crippen LogP contribution in [0.3, 0.4) is 0 Å². The van der Waals surface area contributed by atoms with E-state index in [0.29, 0.717) is 39.6 Å². The molecule has 4 rings (SSSR count). The van der Waals surface area contributed by atoms with E-state index >= 15 is 0 Å². The van der Waals surface area contributed by atoms with Gasteiger partial charge in [-0.3, -0.25) is 14.5 Å². The van der Waals surface area contributed by atoms with Gasteiger partial charge in [-0.25, -0.2) is 4.39 Å². The number of aryl methyl sites for hydroxylation is 3. The average molecular weight is 377 g/mol. The van der Waals surface area contributed by atoms with E-state index in [1.54, 1.807) is 23.0 Å². The van der Waals surface area contributed by atoms with E-state index in [2.05, 4.69) is 20.7 Å². The summed E-state index contributed by atoms with van der Waals surface area (Å²) in [5.41, 5.74) is 5.17. The molecule has 0 spiro atoms. The number of aromatic nitrogens is 3. The van der Waals surface area contributed by atoms with Crippen molar-refractivity contribution in [2.45, 2.75) is 20.8 Å². The number of fused-ring (bicyclic) bond motifs is 1. The van der Waals surface area contributed by atoms with Crippen LogP contribution in [0, 0.1) is 19.7 Å². The molecule has 142 valence electrons. The minimum atomic E-state index is -0.339. The van der Waals surface area contributed by atoms with Crippen LogP contribution in [0.25, 0.3) is 16.8 Å². The Labute approximate surface area is 162 Å². The lowest BCUT2D eigenvalue weighted by atomic mass is 10.00. The third kappa shape index (κ3) is 2.94. The number of pyridine rings is 1. The van der Waals surface area contributed by atoms with Gasteiger partial charge in [0.15, 0.2) is 5.82 Å². The number of benzene rings is 1. The van der Waals surface area contributed by atoms with Crippen molar-refractivity contribution in [3.05, 3.63) is 64.9 Å². The molecular formula is C21H20FN5O. The van der Waals surface area contributed by atoms with Gasteiger partial charge in [0.25, 0.3) is 5.91 Å². The molecule has 0 bridgehead atoms. The zero-order valence-electron chi connectivity index (χ0n) is 16.1. The topological polar surface area (TPSA) is 71.8 Å². The quantitative estimate of drug-likeness (QED) is 0.676. The number of nitrogens with zero attached hydrogens (tertiary/aromatic N) is 3. The fraction of sp³-hybridized carbons (Fsp3) is 0.190. The molecule has 2 N–H and O–H groups in total. The highest BCUT2D eigenvalue weighted by atomic mass is 19.1. The molecule has 0 aliphatic carbocycles. The van der Waals surface area contributed by atoms with E-state index in [4.69, 9.17) is 0 Å². The van der Waals surface area contributed by atoms with Crippen LogP contribution in [0.5, 0.6) is 0 Å². The molecule has 0 fully saturated rings. The number of anilines is 2. The first-order valence-corrected chi connectivity index (χ1v) is 8.91. The van der Waals surface area contributed by atoms with Crippen molar-refractivity contribution in [2.75, 3.05) is 10.6 Å². The normalized spacial score (nSPS) is 14.7. The van der Waals surface area contributed by atoms with Gasteiger partial charge in [0.1, 0.15) is 5.82 Å². The summed E-state index contributed by atoms with van der Waals surface area (Å²) in [5.74, 6) is 0.0939. The number of halogens is 1. The molecule has 3 aromatic rings. The maximum atomic E-state index is 14.4. The van der Waals surface area contributed by atoms with Crippen LogP contribution in [0.4, 0.5) is 15.9 Å². The van der Waals surface area contributed by atoms with Crippen LogP contribution in [-0.4, -0.2) is 20.7 Å². The molecule has 7 heteroatoms. The van der Waals surface area contributed by atoms with Crippen molar-refractivity contribution in [1.29, 1.82) is 0 Å². The zero-order chi connectivity index (χ0) is 20.0. The predicted octanol–water partition coefficient (Wildman–Crippen LogP) is 4.03.